The van der Waals surface area contributed by atoms with E-state index < -0.39 is 0 Å². The summed E-state index contributed by atoms with van der Waals surface area (Å²) < 4.78 is 0. The van der Waals surface area contributed by atoms with Crippen molar-refractivity contribution in [2.75, 3.05) is 19.6 Å². The Hall–Kier alpha value is -2.32. The van der Waals surface area contributed by atoms with Crippen LogP contribution in [0.2, 0.25) is 0 Å². The van der Waals surface area contributed by atoms with Gasteiger partial charge in [-0.25, -0.2) is 4.98 Å². The van der Waals surface area contributed by atoms with Gasteiger partial charge in [0.15, 0.2) is 5.82 Å². The highest BCUT2D eigenvalue weighted by Gasteiger charge is 2.16. The minimum atomic E-state index is 0.100. The number of imidazole rings is 1. The smallest absolute Gasteiger partial charge is 0.152 e. The first-order valence-electron chi connectivity index (χ1n) is 7.77. The molecule has 5 nitrogen and oxygen atoms in total. The molecule has 114 valence electrons. The number of aromatic nitrogens is 2. The Labute approximate surface area is 129 Å². The van der Waals surface area contributed by atoms with Crippen molar-refractivity contribution in [1.29, 1.82) is 5.26 Å². The molecule has 0 aliphatic carbocycles. The number of fused-ring (bicyclic) bond motifs is 1. The van der Waals surface area contributed by atoms with E-state index in [4.69, 9.17) is 0 Å². The van der Waals surface area contributed by atoms with Gasteiger partial charge in [0.25, 0.3) is 0 Å². The van der Waals surface area contributed by atoms with Gasteiger partial charge in [0.05, 0.1) is 17.6 Å². The summed E-state index contributed by atoms with van der Waals surface area (Å²) in [6.45, 7) is 2.37. The van der Waals surface area contributed by atoms with Gasteiger partial charge < -0.3 is 10.1 Å². The fourth-order valence-corrected chi connectivity index (χ4v) is 2.91. The van der Waals surface area contributed by atoms with E-state index in [2.05, 4.69) is 20.9 Å². The predicted molar refractivity (Wildman–Crippen MR) is 86.2 cm³/mol. The Kier molecular flexibility index (Phi) is 4.40. The van der Waals surface area contributed by atoms with Crippen LogP contribution in [0.1, 0.15) is 31.5 Å². The lowest BCUT2D eigenvalue weighted by Crippen LogP contribution is -2.27. The van der Waals surface area contributed by atoms with Gasteiger partial charge in [-0.2, -0.15) is 5.26 Å². The molecule has 1 saturated heterocycles. The first kappa shape index (κ1) is 14.6. The van der Waals surface area contributed by atoms with Gasteiger partial charge in [-0.15, -0.1) is 0 Å². The summed E-state index contributed by atoms with van der Waals surface area (Å²) in [5.41, 5.74) is 1.90. The topological polar surface area (TPSA) is 75.9 Å². The maximum atomic E-state index is 10.4. The van der Waals surface area contributed by atoms with Gasteiger partial charge in [-0.3, -0.25) is 4.90 Å². The molecule has 1 aromatic heterocycles. The summed E-state index contributed by atoms with van der Waals surface area (Å²) in [4.78, 5) is 9.72. The van der Waals surface area contributed by atoms with Gasteiger partial charge in [0, 0.05) is 0 Å². The van der Waals surface area contributed by atoms with Crippen LogP contribution in [0.4, 0.5) is 0 Å². The molecule has 22 heavy (non-hydrogen) atoms. The number of allylic oxidation sites excluding steroid dienone is 1. The number of hydrogen-bond acceptors (Lipinski definition) is 4. The minimum Gasteiger partial charge on any atom is -0.509 e. The summed E-state index contributed by atoms with van der Waals surface area (Å²) in [6, 6.07) is 9.70. The number of aliphatic hydroxyl groups is 1. The molecule has 0 radical (unpaired) electrons. The fraction of sp³-hybridized carbons (Fsp3) is 0.412. The minimum absolute atomic E-state index is 0.100. The molecular weight excluding hydrogens is 276 g/mol. The molecule has 2 N–H and O–H groups in total. The van der Waals surface area contributed by atoms with Crippen molar-refractivity contribution in [3.05, 3.63) is 35.8 Å². The highest BCUT2D eigenvalue weighted by Crippen LogP contribution is 2.20. The lowest BCUT2D eigenvalue weighted by atomic mass is 10.2. The Bertz CT molecular complexity index is 685. The van der Waals surface area contributed by atoms with Crippen LogP contribution < -0.4 is 0 Å². The molecule has 0 bridgehead atoms. The van der Waals surface area contributed by atoms with Crippen molar-refractivity contribution in [3.8, 4) is 6.07 Å². The van der Waals surface area contributed by atoms with Crippen molar-refractivity contribution in [2.24, 2.45) is 0 Å². The SMILES string of the molecule is N#C/C(=C(/O)CN1CCCCCC1)c1nc2ccccc2[nH]1. The number of aromatic amines is 1. The molecule has 0 unspecified atom stereocenters. The van der Waals surface area contributed by atoms with Crippen LogP contribution in [-0.2, 0) is 0 Å². The van der Waals surface area contributed by atoms with Crippen LogP contribution in [0, 0.1) is 11.3 Å². The number of benzene rings is 1. The number of nitrogens with zero attached hydrogens (tertiary/aromatic N) is 3. The lowest BCUT2D eigenvalue weighted by molar-refractivity contribution is 0.258. The Morgan fingerprint density at radius 3 is 2.64 bits per heavy atom. The normalized spacial score (nSPS) is 17.8. The predicted octanol–water partition coefficient (Wildman–Crippen LogP) is 3.23. The molecule has 0 atom stereocenters. The van der Waals surface area contributed by atoms with Gasteiger partial charge >= 0.3 is 0 Å². The second-order valence-corrected chi connectivity index (χ2v) is 5.73. The van der Waals surface area contributed by atoms with E-state index in [1.54, 1.807) is 0 Å². The Balaban J connectivity index is 1.86. The molecule has 0 amide bonds. The van der Waals surface area contributed by atoms with E-state index in [1.807, 2.05) is 24.3 Å². The molecule has 2 aromatic rings. The van der Waals surface area contributed by atoms with Crippen molar-refractivity contribution in [3.63, 3.8) is 0 Å². The zero-order valence-corrected chi connectivity index (χ0v) is 12.5. The largest absolute Gasteiger partial charge is 0.509 e. The van der Waals surface area contributed by atoms with Gasteiger partial charge in [-0.05, 0) is 38.1 Å². The molecule has 1 aliphatic rings. The molecule has 1 aliphatic heterocycles. The number of para-hydroxylation sites is 2. The Morgan fingerprint density at radius 2 is 1.95 bits per heavy atom. The molecule has 1 fully saturated rings. The van der Waals surface area contributed by atoms with E-state index in [1.165, 1.54) is 12.8 Å². The third-order valence-corrected chi connectivity index (χ3v) is 4.10. The molecule has 2 heterocycles. The average molecular weight is 296 g/mol. The number of rotatable bonds is 3. The highest BCUT2D eigenvalue weighted by molar-refractivity contribution is 5.82. The van der Waals surface area contributed by atoms with Crippen molar-refractivity contribution < 1.29 is 5.11 Å². The van der Waals surface area contributed by atoms with Crippen LogP contribution in [0.25, 0.3) is 16.6 Å². The van der Waals surface area contributed by atoms with Crippen molar-refractivity contribution >= 4 is 16.6 Å². The van der Waals surface area contributed by atoms with E-state index in [0.717, 1.165) is 37.0 Å². The third-order valence-electron chi connectivity index (χ3n) is 4.10. The summed E-state index contributed by atoms with van der Waals surface area (Å²) in [6.07, 6.45) is 4.80. The van der Waals surface area contributed by atoms with Gasteiger partial charge in [-0.1, -0.05) is 25.0 Å². The van der Waals surface area contributed by atoms with E-state index in [0.29, 0.717) is 12.4 Å². The first-order valence-corrected chi connectivity index (χ1v) is 7.77. The summed E-state index contributed by atoms with van der Waals surface area (Å²) in [5.74, 6) is 0.541. The maximum Gasteiger partial charge on any atom is 0.152 e. The zero-order chi connectivity index (χ0) is 15.4. The van der Waals surface area contributed by atoms with Crippen LogP contribution in [-0.4, -0.2) is 39.6 Å². The van der Waals surface area contributed by atoms with E-state index in [-0.39, 0.29) is 11.3 Å². The number of hydrogen-bond donors (Lipinski definition) is 2. The maximum absolute atomic E-state index is 10.4. The van der Waals surface area contributed by atoms with E-state index >= 15 is 0 Å². The molecule has 5 heteroatoms. The van der Waals surface area contributed by atoms with Crippen molar-refractivity contribution in [2.45, 2.75) is 25.7 Å². The quantitative estimate of drug-likeness (QED) is 0.673. The number of nitrogens with one attached hydrogen (secondary N) is 1. The van der Waals surface area contributed by atoms with Crippen LogP contribution in [0.5, 0.6) is 0 Å². The molecular formula is C17H20N4O. The van der Waals surface area contributed by atoms with Crippen LogP contribution in [0.15, 0.2) is 30.0 Å². The van der Waals surface area contributed by atoms with Gasteiger partial charge in [0.1, 0.15) is 17.4 Å². The van der Waals surface area contributed by atoms with Crippen molar-refractivity contribution in [1.82, 2.24) is 14.9 Å². The summed E-state index contributed by atoms with van der Waals surface area (Å²) in [7, 11) is 0. The zero-order valence-electron chi connectivity index (χ0n) is 12.5. The standard InChI is InChI=1S/C17H20N4O/c18-11-13(16(22)12-21-9-5-1-2-6-10-21)17-19-14-7-3-4-8-15(14)20-17/h3-4,7-8,22H,1-2,5-6,9-10,12H2,(H,19,20)/b16-13-. The third kappa shape index (κ3) is 3.12. The molecule has 1 aromatic carbocycles. The molecule has 0 spiro atoms. The molecule has 0 saturated carbocycles. The van der Waals surface area contributed by atoms with Crippen LogP contribution >= 0.6 is 0 Å². The number of H-pyrrole nitrogens is 1. The highest BCUT2D eigenvalue weighted by atomic mass is 16.3. The first-order chi connectivity index (χ1) is 10.8. The second-order valence-electron chi connectivity index (χ2n) is 5.73. The lowest BCUT2D eigenvalue weighted by Gasteiger charge is -2.19. The fourth-order valence-electron chi connectivity index (χ4n) is 2.91. The second kappa shape index (κ2) is 6.63. The van der Waals surface area contributed by atoms with Crippen LogP contribution in [0.3, 0.4) is 0 Å². The summed E-state index contributed by atoms with van der Waals surface area (Å²) >= 11 is 0. The average Bonchev–Trinajstić information content (AvgIpc) is 2.77. The van der Waals surface area contributed by atoms with E-state index in [9.17, 15) is 10.4 Å². The number of likely N-dealkylation sites (tertiary alicyclic amines) is 1. The van der Waals surface area contributed by atoms with Gasteiger partial charge in [0.2, 0.25) is 0 Å². The number of aliphatic hydroxyl groups excluding tert-OH is 1. The monoisotopic (exact) mass is 296 g/mol. The number of nitriles is 1. The molecule has 3 rings (SSSR count). The summed E-state index contributed by atoms with van der Waals surface area (Å²) in [5, 5.41) is 19.8. The Morgan fingerprint density at radius 1 is 1.23 bits per heavy atom.